The first-order chi connectivity index (χ1) is 32.5. The van der Waals surface area contributed by atoms with E-state index in [1.807, 2.05) is 0 Å². The summed E-state index contributed by atoms with van der Waals surface area (Å²) in [5.74, 6) is -5.86. The lowest BCUT2D eigenvalue weighted by molar-refractivity contribution is 0.0682. The van der Waals surface area contributed by atoms with Crippen molar-refractivity contribution in [1.29, 1.82) is 0 Å². The molecule has 0 amide bonds. The van der Waals surface area contributed by atoms with Gasteiger partial charge in [-0.05, 0) is 60.0 Å². The summed E-state index contributed by atoms with van der Waals surface area (Å²) in [6.07, 6.45) is 0. The second-order valence-corrected chi connectivity index (χ2v) is 17.7. The van der Waals surface area contributed by atoms with Crippen LogP contribution in [0.3, 0.4) is 0 Å². The lowest BCUT2D eigenvalue weighted by Crippen LogP contribution is -2.04. The van der Waals surface area contributed by atoms with E-state index in [1.165, 1.54) is 19.2 Å². The minimum atomic E-state index is -5.30. The maximum absolute atomic E-state index is 12.8. The Kier molecular flexibility index (Phi) is 14.6. The SMILES string of the molecule is COc1ccc(N=Nc2cc(OCCO)c(N=Nc3c(S(=O)(=O)O)cc4cc(-n5nc(C(=O)O)c(N=Nc6ccc(S(=O)(=O)O)cc6C(=O)O)c5O)ccc4c3O)cc2OCCO)c(S(=O)(=O)O)c1. The molecule has 1 aromatic heterocycles. The van der Waals surface area contributed by atoms with Crippen molar-refractivity contribution in [3.63, 3.8) is 0 Å². The number of phenolic OH excluding ortho intramolecular Hbond substituents is 1. The van der Waals surface area contributed by atoms with Gasteiger partial charge >= 0.3 is 11.9 Å². The standard InChI is InChI=1S/C38H32N8O20S3/c1-64-20-3-6-25(30(14-20)68(58,59)60)40-41-26-16-29(66-11-9-48)27(17-28(26)65-10-8-47)42-43-32-31(69(61,62)63)13-18-12-19(2-5-22(18)35(32)49)46-36(50)33(34(45-46)38(53)54)44-39-24-7-4-21(67(55,56)57)15-23(24)37(51)52/h2-7,12-17,47-50H,8-11H2,1H3,(H,51,52)(H,53,54)(H,55,56,57)(H,58,59,60)(H,61,62,63). The third-order valence-corrected chi connectivity index (χ3v) is 11.7. The highest BCUT2D eigenvalue weighted by molar-refractivity contribution is 7.86. The summed E-state index contributed by atoms with van der Waals surface area (Å²) in [5, 5.41) is 87.4. The Morgan fingerprint density at radius 2 is 1.19 bits per heavy atom. The van der Waals surface area contributed by atoms with E-state index in [1.54, 1.807) is 0 Å². The predicted octanol–water partition coefficient (Wildman–Crippen LogP) is 5.57. The summed E-state index contributed by atoms with van der Waals surface area (Å²) in [5.41, 5.74) is -5.07. The van der Waals surface area contributed by atoms with Crippen LogP contribution < -0.4 is 14.2 Å². The first kappa shape index (κ1) is 50.4. The van der Waals surface area contributed by atoms with Crippen molar-refractivity contribution in [3.05, 3.63) is 84.1 Å². The summed E-state index contributed by atoms with van der Waals surface area (Å²) in [6.45, 7) is -1.83. The molecular formula is C38H32N8O20S3. The number of aliphatic hydroxyl groups is 2. The fourth-order valence-electron chi connectivity index (χ4n) is 5.98. The average Bonchev–Trinajstić information content (AvgIpc) is 3.63. The molecule has 0 fully saturated rings. The molecule has 362 valence electrons. The zero-order valence-corrected chi connectivity index (χ0v) is 37.0. The van der Waals surface area contributed by atoms with E-state index in [4.69, 9.17) is 14.2 Å². The van der Waals surface area contributed by atoms with E-state index in [0.29, 0.717) is 10.7 Å². The number of aromatic nitrogens is 2. The summed E-state index contributed by atoms with van der Waals surface area (Å²) < 4.78 is 119. The number of aromatic hydroxyl groups is 2. The van der Waals surface area contributed by atoms with E-state index in [9.17, 15) is 79.1 Å². The van der Waals surface area contributed by atoms with Gasteiger partial charge in [0.05, 0.1) is 36.5 Å². The Morgan fingerprint density at radius 3 is 1.74 bits per heavy atom. The maximum atomic E-state index is 12.8. The molecule has 0 saturated heterocycles. The molecule has 0 saturated carbocycles. The van der Waals surface area contributed by atoms with Crippen molar-refractivity contribution in [2.24, 2.45) is 30.7 Å². The first-order valence-electron chi connectivity index (χ1n) is 18.7. The number of phenols is 1. The number of hydrogen-bond acceptors (Lipinski definition) is 22. The normalized spacial score (nSPS) is 12.4. The number of carboxylic acid groups (broad SMARTS) is 2. The van der Waals surface area contributed by atoms with Crippen molar-refractivity contribution >= 4 is 87.2 Å². The van der Waals surface area contributed by atoms with E-state index < -0.39 is 110 Å². The van der Waals surface area contributed by atoms with Crippen LogP contribution in [-0.4, -0.2) is 125 Å². The minimum absolute atomic E-state index is 0.0545. The van der Waals surface area contributed by atoms with Crippen molar-refractivity contribution in [2.45, 2.75) is 14.7 Å². The molecule has 6 rings (SSSR count). The van der Waals surface area contributed by atoms with E-state index in [-0.39, 0.29) is 64.0 Å². The van der Waals surface area contributed by atoms with Gasteiger partial charge in [0, 0.05) is 23.6 Å². The molecule has 5 aromatic carbocycles. The highest BCUT2D eigenvalue weighted by Crippen LogP contribution is 2.46. The Morgan fingerprint density at radius 1 is 0.623 bits per heavy atom. The van der Waals surface area contributed by atoms with Crippen LogP contribution in [-0.2, 0) is 30.4 Å². The number of nitrogens with zero attached hydrogens (tertiary/aromatic N) is 8. The van der Waals surface area contributed by atoms with Gasteiger partial charge in [0.2, 0.25) is 11.6 Å². The van der Waals surface area contributed by atoms with Crippen molar-refractivity contribution in [3.8, 4) is 34.6 Å². The Labute approximate surface area is 386 Å². The van der Waals surface area contributed by atoms with Gasteiger partial charge in [-0.1, -0.05) is 0 Å². The monoisotopic (exact) mass is 1020 g/mol. The number of aromatic carboxylic acids is 2. The molecule has 0 atom stereocenters. The lowest BCUT2D eigenvalue weighted by atomic mass is 10.1. The predicted molar refractivity (Wildman–Crippen MR) is 231 cm³/mol. The minimum Gasteiger partial charge on any atom is -0.505 e. The zero-order chi connectivity index (χ0) is 50.6. The first-order valence-corrected chi connectivity index (χ1v) is 23.0. The van der Waals surface area contributed by atoms with Gasteiger partial charge in [-0.2, -0.15) is 35.0 Å². The van der Waals surface area contributed by atoms with Crippen LogP contribution in [0.5, 0.6) is 28.9 Å². The quantitative estimate of drug-likeness (QED) is 0.0353. The van der Waals surface area contributed by atoms with Crippen LogP contribution in [0.15, 0.2) is 118 Å². The number of fused-ring (bicyclic) bond motifs is 1. The van der Waals surface area contributed by atoms with Crippen LogP contribution >= 0.6 is 0 Å². The number of rotatable bonds is 19. The molecule has 28 nitrogen and oxygen atoms in total. The Balaban J connectivity index is 1.44. The number of ether oxygens (including phenoxy) is 3. The van der Waals surface area contributed by atoms with E-state index in [0.717, 1.165) is 54.6 Å². The number of aliphatic hydroxyl groups excluding tert-OH is 2. The molecule has 0 radical (unpaired) electrons. The molecule has 31 heteroatoms. The molecule has 0 spiro atoms. The molecule has 0 bridgehead atoms. The van der Waals surface area contributed by atoms with Crippen molar-refractivity contribution in [1.82, 2.24) is 9.78 Å². The fourth-order valence-corrected chi connectivity index (χ4v) is 7.78. The van der Waals surface area contributed by atoms with E-state index in [2.05, 4.69) is 35.8 Å². The molecule has 0 aliphatic carbocycles. The van der Waals surface area contributed by atoms with Crippen LogP contribution in [0, 0.1) is 0 Å². The summed E-state index contributed by atoms with van der Waals surface area (Å²) in [4.78, 5) is 21.4. The topological polar surface area (TPSA) is 438 Å². The molecule has 0 aliphatic rings. The van der Waals surface area contributed by atoms with Gasteiger partial charge < -0.3 is 44.8 Å². The van der Waals surface area contributed by atoms with Gasteiger partial charge in [-0.15, -0.1) is 30.7 Å². The van der Waals surface area contributed by atoms with Gasteiger partial charge in [0.15, 0.2) is 11.4 Å². The molecule has 9 N–H and O–H groups in total. The Bertz CT molecular complexity index is 3490. The molecular weight excluding hydrogens is 985 g/mol. The second-order valence-electron chi connectivity index (χ2n) is 13.5. The van der Waals surface area contributed by atoms with Crippen LogP contribution in [0.25, 0.3) is 16.5 Å². The second kappa shape index (κ2) is 20.1. The third-order valence-electron chi connectivity index (χ3n) is 9.06. The number of carbonyl (C=O) groups is 2. The van der Waals surface area contributed by atoms with Crippen molar-refractivity contribution < 1.29 is 93.4 Å². The fraction of sp³-hybridized carbons (Fsp3) is 0.132. The average molecular weight is 1020 g/mol. The molecule has 0 aliphatic heterocycles. The molecule has 69 heavy (non-hydrogen) atoms. The maximum Gasteiger partial charge on any atom is 0.358 e. The summed E-state index contributed by atoms with van der Waals surface area (Å²) >= 11 is 0. The van der Waals surface area contributed by atoms with Crippen molar-refractivity contribution in [2.75, 3.05) is 33.5 Å². The van der Waals surface area contributed by atoms with Gasteiger partial charge in [-0.3, -0.25) is 13.7 Å². The van der Waals surface area contributed by atoms with Gasteiger partial charge in [0.25, 0.3) is 30.4 Å². The van der Waals surface area contributed by atoms with E-state index >= 15 is 0 Å². The van der Waals surface area contributed by atoms with Gasteiger partial charge in [-0.25, -0.2) is 9.59 Å². The zero-order valence-electron chi connectivity index (χ0n) is 34.6. The summed E-state index contributed by atoms with van der Waals surface area (Å²) in [6, 6.07) is 12.0. The highest BCUT2D eigenvalue weighted by Gasteiger charge is 2.27. The number of azo groups is 3. The third kappa shape index (κ3) is 11.2. The van der Waals surface area contributed by atoms with Crippen LogP contribution in [0.4, 0.5) is 34.1 Å². The lowest BCUT2D eigenvalue weighted by Gasteiger charge is -2.13. The number of benzene rings is 5. The Hall–Kier alpha value is -8.04. The van der Waals surface area contributed by atoms with Crippen LogP contribution in [0.1, 0.15) is 20.8 Å². The number of carboxylic acids is 2. The molecule has 1 heterocycles. The summed E-state index contributed by atoms with van der Waals surface area (Å²) in [7, 11) is -13.8. The molecule has 6 aromatic rings. The van der Waals surface area contributed by atoms with Gasteiger partial charge in [0.1, 0.15) is 68.7 Å². The highest BCUT2D eigenvalue weighted by atomic mass is 32.2. The van der Waals surface area contributed by atoms with Crippen LogP contribution in [0.2, 0.25) is 0 Å². The largest absolute Gasteiger partial charge is 0.505 e. The number of hydrogen-bond donors (Lipinski definition) is 9. The smallest absolute Gasteiger partial charge is 0.358 e. The number of methoxy groups -OCH3 is 1. The molecule has 0 unspecified atom stereocenters.